The van der Waals surface area contributed by atoms with Crippen molar-refractivity contribution in [1.82, 2.24) is 4.31 Å². The average molecular weight is 325 g/mol. The van der Waals surface area contributed by atoms with Gasteiger partial charge in [0.2, 0.25) is 0 Å². The Morgan fingerprint density at radius 1 is 1.38 bits per heavy atom. The summed E-state index contributed by atoms with van der Waals surface area (Å²) in [5.74, 6) is -0.0133. The topological polar surface area (TPSA) is 96.0 Å². The Labute approximate surface area is 127 Å². The van der Waals surface area contributed by atoms with Crippen molar-refractivity contribution in [2.75, 3.05) is 7.05 Å². The fourth-order valence-corrected chi connectivity index (χ4v) is 4.15. The molecule has 0 aliphatic heterocycles. The number of hydrogen-bond donors (Lipinski definition) is 2. The third-order valence-corrected chi connectivity index (χ3v) is 6.07. The van der Waals surface area contributed by atoms with Gasteiger partial charge in [0.15, 0.2) is 5.84 Å². The highest BCUT2D eigenvalue weighted by Crippen LogP contribution is 2.21. The van der Waals surface area contributed by atoms with E-state index in [9.17, 15) is 8.42 Å². The predicted octanol–water partition coefficient (Wildman–Crippen LogP) is 1.66. The molecule has 1 aromatic carbocycles. The minimum atomic E-state index is -3.49. The number of nitrogens with zero attached hydrogens (tertiary/aromatic N) is 2. The lowest BCUT2D eigenvalue weighted by Crippen LogP contribution is -2.26. The van der Waals surface area contributed by atoms with Gasteiger partial charge in [-0.1, -0.05) is 29.4 Å². The Kier molecular flexibility index (Phi) is 4.61. The van der Waals surface area contributed by atoms with Crippen molar-refractivity contribution in [2.45, 2.75) is 10.8 Å². The van der Waals surface area contributed by atoms with Crippen LogP contribution in [0.2, 0.25) is 0 Å². The summed E-state index contributed by atoms with van der Waals surface area (Å²) in [6.07, 6.45) is 0. The molecule has 1 aromatic heterocycles. The van der Waals surface area contributed by atoms with Gasteiger partial charge in [0, 0.05) is 19.2 Å². The highest BCUT2D eigenvalue weighted by atomic mass is 32.2. The first-order valence-corrected chi connectivity index (χ1v) is 8.34. The molecule has 0 radical (unpaired) electrons. The van der Waals surface area contributed by atoms with E-state index in [4.69, 9.17) is 10.9 Å². The minimum absolute atomic E-state index is 0.0133. The molecule has 112 valence electrons. The van der Waals surface area contributed by atoms with E-state index in [2.05, 4.69) is 5.16 Å². The van der Waals surface area contributed by atoms with Crippen molar-refractivity contribution in [3.05, 3.63) is 52.9 Å². The maximum absolute atomic E-state index is 12.3. The van der Waals surface area contributed by atoms with E-state index in [-0.39, 0.29) is 12.4 Å². The Bertz CT molecular complexity index is 740. The van der Waals surface area contributed by atoms with Gasteiger partial charge in [0.25, 0.3) is 10.0 Å². The second kappa shape index (κ2) is 6.25. The van der Waals surface area contributed by atoms with E-state index in [1.807, 2.05) is 0 Å². The van der Waals surface area contributed by atoms with Gasteiger partial charge in [0.05, 0.1) is 0 Å². The van der Waals surface area contributed by atoms with Crippen LogP contribution >= 0.6 is 11.3 Å². The largest absolute Gasteiger partial charge is 0.409 e. The maximum Gasteiger partial charge on any atom is 0.252 e. The number of benzene rings is 1. The molecule has 21 heavy (non-hydrogen) atoms. The molecule has 8 heteroatoms. The molecule has 0 aliphatic rings. The number of nitrogens with two attached hydrogens (primary N) is 1. The van der Waals surface area contributed by atoms with Gasteiger partial charge in [-0.2, -0.15) is 4.31 Å². The molecule has 0 fully saturated rings. The van der Waals surface area contributed by atoms with Crippen molar-refractivity contribution < 1.29 is 13.6 Å². The van der Waals surface area contributed by atoms with Gasteiger partial charge < -0.3 is 10.9 Å². The summed E-state index contributed by atoms with van der Waals surface area (Å²) in [6.45, 7) is 0.201. The Hall–Kier alpha value is -1.90. The lowest BCUT2D eigenvalue weighted by Gasteiger charge is -2.16. The number of rotatable bonds is 5. The summed E-state index contributed by atoms with van der Waals surface area (Å²) in [5.41, 5.74) is 6.82. The lowest BCUT2D eigenvalue weighted by atomic mass is 10.1. The maximum atomic E-state index is 12.3. The van der Waals surface area contributed by atoms with Gasteiger partial charge in [-0.25, -0.2) is 8.42 Å². The molecule has 0 bridgehead atoms. The Balaban J connectivity index is 2.22. The number of thiophene rings is 1. The molecule has 3 N–H and O–H groups in total. The third kappa shape index (κ3) is 3.41. The number of hydrogen-bond acceptors (Lipinski definition) is 5. The quantitative estimate of drug-likeness (QED) is 0.378. The van der Waals surface area contributed by atoms with Crippen molar-refractivity contribution in [2.24, 2.45) is 10.9 Å². The fraction of sp³-hybridized carbons (Fsp3) is 0.154. The van der Waals surface area contributed by atoms with Crippen LogP contribution in [-0.2, 0) is 16.6 Å². The first-order chi connectivity index (χ1) is 9.95. The normalized spacial score (nSPS) is 12.8. The minimum Gasteiger partial charge on any atom is -0.409 e. The van der Waals surface area contributed by atoms with Crippen LogP contribution in [0.15, 0.2) is 51.1 Å². The van der Waals surface area contributed by atoms with Crippen LogP contribution < -0.4 is 5.73 Å². The molecule has 2 rings (SSSR count). The van der Waals surface area contributed by atoms with Gasteiger partial charge in [-0.05, 0) is 23.1 Å². The van der Waals surface area contributed by atoms with E-state index in [1.54, 1.807) is 41.8 Å². The molecule has 1 heterocycles. The molecular weight excluding hydrogens is 310 g/mol. The van der Waals surface area contributed by atoms with E-state index in [1.165, 1.54) is 22.7 Å². The first-order valence-electron chi connectivity index (χ1n) is 6.02. The Morgan fingerprint density at radius 3 is 2.76 bits per heavy atom. The number of oxime groups is 1. The molecule has 0 saturated heterocycles. The predicted molar refractivity (Wildman–Crippen MR) is 81.9 cm³/mol. The molecule has 0 aliphatic carbocycles. The molecular formula is C13H15N3O3S2. The summed E-state index contributed by atoms with van der Waals surface area (Å²) in [7, 11) is -1.97. The number of sulfonamides is 1. The van der Waals surface area contributed by atoms with E-state index in [0.717, 1.165) is 5.56 Å². The van der Waals surface area contributed by atoms with Crippen molar-refractivity contribution in [3.63, 3.8) is 0 Å². The standard InChI is InChI=1S/C13H15N3O3S2/c1-16(21(18,19)12-6-3-7-20-12)9-10-4-2-5-11(8-10)13(14)15-17/h2-8,17H,9H2,1H3,(H2,14,15). The third-order valence-electron chi connectivity index (χ3n) is 2.90. The fourth-order valence-electron chi connectivity index (χ4n) is 1.79. The lowest BCUT2D eigenvalue weighted by molar-refractivity contribution is 0.318. The van der Waals surface area contributed by atoms with Crippen LogP contribution in [0.3, 0.4) is 0 Å². The summed E-state index contributed by atoms with van der Waals surface area (Å²) in [6, 6.07) is 10.2. The van der Waals surface area contributed by atoms with Gasteiger partial charge in [-0.3, -0.25) is 0 Å². The molecule has 0 unspecified atom stereocenters. The highest BCUT2D eigenvalue weighted by Gasteiger charge is 2.21. The molecule has 0 spiro atoms. The Morgan fingerprint density at radius 2 is 2.14 bits per heavy atom. The second-order valence-corrected chi connectivity index (χ2v) is 7.60. The first kappa shape index (κ1) is 15.5. The van der Waals surface area contributed by atoms with Crippen molar-refractivity contribution >= 4 is 27.2 Å². The highest BCUT2D eigenvalue weighted by molar-refractivity contribution is 7.91. The summed E-state index contributed by atoms with van der Waals surface area (Å²) < 4.78 is 26.2. The molecule has 6 nitrogen and oxygen atoms in total. The zero-order chi connectivity index (χ0) is 15.5. The monoisotopic (exact) mass is 325 g/mol. The van der Waals surface area contributed by atoms with Gasteiger partial charge in [-0.15, -0.1) is 11.3 Å². The molecule has 0 saturated carbocycles. The molecule has 2 aromatic rings. The van der Waals surface area contributed by atoms with Crippen LogP contribution in [0.5, 0.6) is 0 Å². The van der Waals surface area contributed by atoms with E-state index >= 15 is 0 Å². The van der Waals surface area contributed by atoms with Crippen LogP contribution in [0.4, 0.5) is 0 Å². The molecule has 0 atom stereocenters. The van der Waals surface area contributed by atoms with Crippen LogP contribution in [0, 0.1) is 0 Å². The smallest absolute Gasteiger partial charge is 0.252 e. The average Bonchev–Trinajstić information content (AvgIpc) is 3.01. The summed E-state index contributed by atoms with van der Waals surface area (Å²) in [5, 5.41) is 13.3. The van der Waals surface area contributed by atoms with Crippen molar-refractivity contribution in [3.8, 4) is 0 Å². The SMILES string of the molecule is CN(Cc1cccc(C(N)=NO)c1)S(=O)(=O)c1cccs1. The summed E-state index contributed by atoms with van der Waals surface area (Å²) >= 11 is 1.18. The van der Waals surface area contributed by atoms with Gasteiger partial charge >= 0.3 is 0 Å². The zero-order valence-electron chi connectivity index (χ0n) is 11.3. The number of amidine groups is 1. The van der Waals surface area contributed by atoms with Crippen LogP contribution in [0.1, 0.15) is 11.1 Å². The van der Waals surface area contributed by atoms with Crippen molar-refractivity contribution in [1.29, 1.82) is 0 Å². The second-order valence-electron chi connectivity index (χ2n) is 4.38. The summed E-state index contributed by atoms with van der Waals surface area (Å²) in [4.78, 5) is 0. The zero-order valence-corrected chi connectivity index (χ0v) is 12.9. The molecule has 0 amide bonds. The van der Waals surface area contributed by atoms with E-state index < -0.39 is 10.0 Å². The van der Waals surface area contributed by atoms with Crippen LogP contribution in [0.25, 0.3) is 0 Å². The van der Waals surface area contributed by atoms with Crippen LogP contribution in [-0.4, -0.2) is 30.8 Å². The van der Waals surface area contributed by atoms with E-state index in [0.29, 0.717) is 9.77 Å². The van der Waals surface area contributed by atoms with Gasteiger partial charge in [0.1, 0.15) is 4.21 Å².